The normalized spacial score (nSPS) is 51.8. The Bertz CT molecular complexity index is 363. The van der Waals surface area contributed by atoms with Gasteiger partial charge in [-0.2, -0.15) is 0 Å². The summed E-state index contributed by atoms with van der Waals surface area (Å²) in [5.74, 6) is 10.2. The van der Waals surface area contributed by atoms with Gasteiger partial charge in [0.15, 0.2) is 0 Å². The first-order chi connectivity index (χ1) is 11.5. The maximum absolute atomic E-state index is 2.63. The van der Waals surface area contributed by atoms with E-state index in [1.54, 1.807) is 12.8 Å². The lowest BCUT2D eigenvalue weighted by Crippen LogP contribution is -2.49. The average Bonchev–Trinajstić information content (AvgIpc) is 2.56. The van der Waals surface area contributed by atoms with E-state index >= 15 is 0 Å². The van der Waals surface area contributed by atoms with E-state index in [-0.39, 0.29) is 0 Å². The molecule has 0 aromatic heterocycles. The van der Waals surface area contributed by atoms with Gasteiger partial charge in [-0.1, -0.05) is 67.2 Å². The van der Waals surface area contributed by atoms with Gasteiger partial charge in [-0.15, -0.1) is 0 Å². The van der Waals surface area contributed by atoms with Crippen molar-refractivity contribution in [2.75, 3.05) is 0 Å². The van der Waals surface area contributed by atoms with E-state index < -0.39 is 0 Å². The van der Waals surface area contributed by atoms with Gasteiger partial charge in [-0.25, -0.2) is 0 Å². The highest BCUT2D eigenvalue weighted by Gasteiger charge is 2.51. The Morgan fingerprint density at radius 1 is 0.542 bits per heavy atom. The second kappa shape index (κ2) is 7.71. The van der Waals surface area contributed by atoms with Gasteiger partial charge in [0.2, 0.25) is 0 Å². The summed E-state index contributed by atoms with van der Waals surface area (Å²) in [4.78, 5) is 0. The van der Waals surface area contributed by atoms with Crippen LogP contribution < -0.4 is 0 Å². The molecule has 0 saturated heterocycles. The van der Waals surface area contributed by atoms with Gasteiger partial charge in [0.25, 0.3) is 0 Å². The first-order valence-corrected chi connectivity index (χ1v) is 11.5. The molecule has 0 nitrogen and oxygen atoms in total. The molecule has 10 atom stereocenters. The van der Waals surface area contributed by atoms with Crippen LogP contribution in [0, 0.1) is 59.2 Å². The van der Waals surface area contributed by atoms with Crippen LogP contribution in [0.25, 0.3) is 0 Å². The maximum Gasteiger partial charge on any atom is -0.0352 e. The smallest absolute Gasteiger partial charge is 0.0352 e. The predicted octanol–water partition coefficient (Wildman–Crippen LogP) is 7.43. The third kappa shape index (κ3) is 3.33. The molecule has 0 heterocycles. The van der Waals surface area contributed by atoms with E-state index in [1.165, 1.54) is 38.5 Å². The maximum atomic E-state index is 2.63. The molecule has 24 heavy (non-hydrogen) atoms. The predicted molar refractivity (Wildman–Crippen MR) is 106 cm³/mol. The van der Waals surface area contributed by atoms with Crippen LogP contribution in [0.3, 0.4) is 0 Å². The molecule has 0 radical (unpaired) electrons. The van der Waals surface area contributed by atoms with Crippen molar-refractivity contribution in [2.24, 2.45) is 59.2 Å². The lowest BCUT2D eigenvalue weighted by molar-refractivity contribution is -0.0797. The first-order valence-electron chi connectivity index (χ1n) is 11.5. The molecule has 0 aliphatic heterocycles. The summed E-state index contributed by atoms with van der Waals surface area (Å²) in [5, 5.41) is 0. The highest BCUT2D eigenvalue weighted by atomic mass is 14.6. The molecule has 140 valence electrons. The van der Waals surface area contributed by atoms with Crippen LogP contribution in [0.15, 0.2) is 0 Å². The van der Waals surface area contributed by atoms with Gasteiger partial charge in [0.05, 0.1) is 0 Å². The minimum absolute atomic E-state index is 0.986. The van der Waals surface area contributed by atoms with Gasteiger partial charge in [-0.05, 0) is 84.9 Å². The number of fused-ring (bicyclic) bond motifs is 2. The quantitative estimate of drug-likeness (QED) is 0.502. The summed E-state index contributed by atoms with van der Waals surface area (Å²) in [6, 6.07) is 0. The van der Waals surface area contributed by atoms with Crippen LogP contribution in [0.2, 0.25) is 0 Å². The molecule has 3 aliphatic rings. The third-order valence-electron chi connectivity index (χ3n) is 9.16. The second-order valence-electron chi connectivity index (χ2n) is 10.4. The molecular formula is C24H44. The van der Waals surface area contributed by atoms with Crippen LogP contribution in [0.5, 0.6) is 0 Å². The van der Waals surface area contributed by atoms with Gasteiger partial charge >= 0.3 is 0 Å². The van der Waals surface area contributed by atoms with Crippen LogP contribution >= 0.6 is 0 Å². The second-order valence-corrected chi connectivity index (χ2v) is 10.4. The van der Waals surface area contributed by atoms with Crippen molar-refractivity contribution in [3.63, 3.8) is 0 Å². The summed E-state index contributed by atoms with van der Waals surface area (Å²) in [6.07, 6.45) is 11.9. The largest absolute Gasteiger partial charge is 0.0654 e. The fraction of sp³-hybridized carbons (Fsp3) is 1.00. The van der Waals surface area contributed by atoms with Crippen molar-refractivity contribution < 1.29 is 0 Å². The Balaban J connectivity index is 1.78. The van der Waals surface area contributed by atoms with E-state index in [0.29, 0.717) is 0 Å². The molecule has 3 saturated carbocycles. The molecule has 0 bridgehead atoms. The van der Waals surface area contributed by atoms with E-state index in [1.807, 2.05) is 0 Å². The van der Waals surface area contributed by atoms with E-state index in [4.69, 9.17) is 0 Å². The summed E-state index contributed by atoms with van der Waals surface area (Å²) < 4.78 is 0. The highest BCUT2D eigenvalue weighted by Crippen LogP contribution is 2.58. The molecule has 0 spiro atoms. The van der Waals surface area contributed by atoms with Gasteiger partial charge in [0, 0.05) is 0 Å². The molecule has 0 N–H and O–H groups in total. The molecule has 3 aliphatic carbocycles. The van der Waals surface area contributed by atoms with Crippen molar-refractivity contribution in [3.8, 4) is 0 Å². The first kappa shape index (κ1) is 18.8. The fourth-order valence-corrected chi connectivity index (χ4v) is 7.78. The van der Waals surface area contributed by atoms with Crippen LogP contribution in [-0.2, 0) is 0 Å². The fourth-order valence-electron chi connectivity index (χ4n) is 7.78. The molecule has 0 heteroatoms. The van der Waals surface area contributed by atoms with E-state index in [2.05, 4.69) is 41.5 Å². The van der Waals surface area contributed by atoms with Crippen molar-refractivity contribution in [1.29, 1.82) is 0 Å². The summed E-state index contributed by atoms with van der Waals surface area (Å²) in [6.45, 7) is 15.2. The van der Waals surface area contributed by atoms with Crippen molar-refractivity contribution in [3.05, 3.63) is 0 Å². The Labute approximate surface area is 152 Å². The summed E-state index contributed by atoms with van der Waals surface area (Å²) >= 11 is 0. The Hall–Kier alpha value is 0. The minimum Gasteiger partial charge on any atom is -0.0654 e. The van der Waals surface area contributed by atoms with Crippen LogP contribution in [0.4, 0.5) is 0 Å². The van der Waals surface area contributed by atoms with E-state index in [9.17, 15) is 0 Å². The number of hydrogen-bond acceptors (Lipinski definition) is 0. The zero-order valence-electron chi connectivity index (χ0n) is 17.4. The Morgan fingerprint density at radius 2 is 0.917 bits per heavy atom. The SMILES string of the molecule is CCCC1CC(C)C2CC3C(C)CC(CCC)C(C)C3CC2C1C. The number of hydrogen-bond donors (Lipinski definition) is 0. The molecule has 3 rings (SSSR count). The monoisotopic (exact) mass is 332 g/mol. The van der Waals surface area contributed by atoms with Crippen molar-refractivity contribution in [2.45, 2.75) is 92.9 Å². The zero-order chi connectivity index (χ0) is 17.4. The zero-order valence-corrected chi connectivity index (χ0v) is 17.4. The molecule has 3 fully saturated rings. The standard InChI is InChI=1S/C24H44/c1-7-9-19-11-15(3)21-13-22-16(4)12-20(10-8-2)18(6)24(22)14-23(21)17(19)5/h15-24H,7-14H2,1-6H3. The van der Waals surface area contributed by atoms with Crippen LogP contribution in [-0.4, -0.2) is 0 Å². The van der Waals surface area contributed by atoms with Crippen molar-refractivity contribution >= 4 is 0 Å². The number of rotatable bonds is 4. The third-order valence-corrected chi connectivity index (χ3v) is 9.16. The van der Waals surface area contributed by atoms with E-state index in [0.717, 1.165) is 59.2 Å². The average molecular weight is 333 g/mol. The molecule has 0 aromatic rings. The van der Waals surface area contributed by atoms with Crippen LogP contribution in [0.1, 0.15) is 92.9 Å². The molecule has 0 aromatic carbocycles. The summed E-state index contributed by atoms with van der Waals surface area (Å²) in [5.41, 5.74) is 0. The van der Waals surface area contributed by atoms with Gasteiger partial charge in [0.1, 0.15) is 0 Å². The highest BCUT2D eigenvalue weighted by molar-refractivity contribution is 5.00. The van der Waals surface area contributed by atoms with Gasteiger partial charge < -0.3 is 0 Å². The van der Waals surface area contributed by atoms with Crippen molar-refractivity contribution in [1.82, 2.24) is 0 Å². The minimum atomic E-state index is 0.986. The topological polar surface area (TPSA) is 0 Å². The Morgan fingerprint density at radius 3 is 1.29 bits per heavy atom. The molecule has 0 amide bonds. The molecular weight excluding hydrogens is 288 g/mol. The molecule has 10 unspecified atom stereocenters. The lowest BCUT2D eigenvalue weighted by Gasteiger charge is -2.57. The summed E-state index contributed by atoms with van der Waals surface area (Å²) in [7, 11) is 0. The lowest BCUT2D eigenvalue weighted by atomic mass is 9.48. The Kier molecular flexibility index (Phi) is 6.03. The van der Waals surface area contributed by atoms with Gasteiger partial charge in [-0.3, -0.25) is 0 Å².